The van der Waals surface area contributed by atoms with E-state index in [9.17, 15) is 13.2 Å². The Morgan fingerprint density at radius 1 is 1.11 bits per heavy atom. The minimum Gasteiger partial charge on any atom is -0.389 e. The molecule has 102 valence electrons. The van der Waals surface area contributed by atoms with Gasteiger partial charge in [0.1, 0.15) is 5.65 Å². The lowest BCUT2D eigenvalue weighted by atomic mass is 10.4. The van der Waals surface area contributed by atoms with Crippen LogP contribution < -0.4 is 4.74 Å². The highest BCUT2D eigenvalue weighted by atomic mass is 19.4. The summed E-state index contributed by atoms with van der Waals surface area (Å²) in [5, 5.41) is 0. The van der Waals surface area contributed by atoms with E-state index in [1.807, 2.05) is 27.7 Å². The number of alkyl halides is 3. The maximum absolute atomic E-state index is 11.9. The van der Waals surface area contributed by atoms with Crippen LogP contribution in [0.15, 0.2) is 30.6 Å². The van der Waals surface area contributed by atoms with E-state index >= 15 is 0 Å². The molecule has 0 amide bonds. The molecular weight excluding hydrogens is 245 g/mol. The van der Waals surface area contributed by atoms with Gasteiger partial charge in [0.25, 0.3) is 0 Å². The van der Waals surface area contributed by atoms with Gasteiger partial charge in [-0.25, -0.2) is 4.98 Å². The molecule has 2 aromatic heterocycles. The van der Waals surface area contributed by atoms with Crippen molar-refractivity contribution in [2.24, 2.45) is 0 Å². The van der Waals surface area contributed by atoms with E-state index in [1.54, 1.807) is 6.07 Å². The Morgan fingerprint density at radius 3 is 2.28 bits per heavy atom. The van der Waals surface area contributed by atoms with Gasteiger partial charge in [0.05, 0.1) is 0 Å². The Labute approximate surface area is 104 Å². The number of pyridine rings is 1. The first-order chi connectivity index (χ1) is 8.56. The first kappa shape index (κ1) is 16.3. The molecule has 0 unspecified atom stereocenters. The smallest absolute Gasteiger partial charge is 0.389 e. The van der Waals surface area contributed by atoms with Crippen LogP contribution in [0, 0.1) is 0 Å². The molecule has 0 aromatic carbocycles. The van der Waals surface area contributed by atoms with Crippen molar-refractivity contribution in [3.05, 3.63) is 30.6 Å². The van der Waals surface area contributed by atoms with E-state index in [0.717, 1.165) is 0 Å². The number of fused-ring (bicyclic) bond motifs is 1. The van der Waals surface area contributed by atoms with Crippen molar-refractivity contribution in [3.63, 3.8) is 0 Å². The molecule has 18 heavy (non-hydrogen) atoms. The first-order valence-electron chi connectivity index (χ1n) is 5.74. The Bertz CT molecular complexity index is 452. The van der Waals surface area contributed by atoms with Crippen molar-refractivity contribution in [3.8, 4) is 5.88 Å². The summed E-state index contributed by atoms with van der Waals surface area (Å²) >= 11 is 0. The molecule has 0 N–H and O–H groups in total. The summed E-state index contributed by atoms with van der Waals surface area (Å²) in [6, 6.07) is 4.26. The maximum Gasteiger partial charge on any atom is 0.574 e. The molecule has 0 saturated heterocycles. The van der Waals surface area contributed by atoms with Gasteiger partial charge in [0.2, 0.25) is 5.88 Å². The van der Waals surface area contributed by atoms with E-state index in [2.05, 4.69) is 9.72 Å². The number of rotatable bonds is 1. The van der Waals surface area contributed by atoms with Gasteiger partial charge in [-0.05, 0) is 12.1 Å². The summed E-state index contributed by atoms with van der Waals surface area (Å²) in [4.78, 5) is 3.82. The zero-order chi connectivity index (χ0) is 14.2. The molecule has 0 bridgehead atoms. The summed E-state index contributed by atoms with van der Waals surface area (Å²) in [6.07, 6.45) is -1.88. The van der Waals surface area contributed by atoms with Gasteiger partial charge >= 0.3 is 6.36 Å². The van der Waals surface area contributed by atoms with Crippen LogP contribution in [0.3, 0.4) is 0 Å². The molecule has 2 aromatic rings. The largest absolute Gasteiger partial charge is 0.574 e. The Hall–Kier alpha value is -1.72. The molecule has 0 fully saturated rings. The van der Waals surface area contributed by atoms with Gasteiger partial charge in [-0.3, -0.25) is 4.40 Å². The van der Waals surface area contributed by atoms with E-state index in [4.69, 9.17) is 0 Å². The zero-order valence-corrected chi connectivity index (χ0v) is 10.8. The third-order valence-corrected chi connectivity index (χ3v) is 1.61. The summed E-state index contributed by atoms with van der Waals surface area (Å²) in [6.45, 7) is 8.00. The number of hydrogen-bond donors (Lipinski definition) is 0. The molecule has 2 heterocycles. The van der Waals surface area contributed by atoms with Gasteiger partial charge in [-0.2, -0.15) is 0 Å². The molecule has 0 aliphatic heterocycles. The van der Waals surface area contributed by atoms with Crippen molar-refractivity contribution < 1.29 is 17.9 Å². The fraction of sp³-hybridized carbons (Fsp3) is 0.417. The highest BCUT2D eigenvalue weighted by Crippen LogP contribution is 2.22. The van der Waals surface area contributed by atoms with E-state index in [0.29, 0.717) is 5.65 Å². The van der Waals surface area contributed by atoms with Crippen LogP contribution in [0.1, 0.15) is 27.7 Å². The number of imidazole rings is 1. The molecule has 6 heteroatoms. The molecule has 0 radical (unpaired) electrons. The maximum atomic E-state index is 11.9. The molecule has 0 atom stereocenters. The lowest BCUT2D eigenvalue weighted by Crippen LogP contribution is -2.18. The Morgan fingerprint density at radius 2 is 1.72 bits per heavy atom. The lowest BCUT2D eigenvalue weighted by molar-refractivity contribution is -0.276. The fourth-order valence-electron chi connectivity index (χ4n) is 1.12. The minimum atomic E-state index is -4.68. The normalized spacial score (nSPS) is 9.94. The van der Waals surface area contributed by atoms with E-state index in [-0.39, 0.29) is 5.88 Å². The number of hydrogen-bond acceptors (Lipinski definition) is 2. The predicted octanol–water partition coefficient (Wildman–Crippen LogP) is 4.29. The molecule has 0 aliphatic carbocycles. The second-order valence-corrected chi connectivity index (χ2v) is 2.57. The molecule has 0 saturated carbocycles. The highest BCUT2D eigenvalue weighted by Gasteiger charge is 2.32. The van der Waals surface area contributed by atoms with Crippen molar-refractivity contribution >= 4 is 5.65 Å². The average molecular weight is 262 g/mol. The van der Waals surface area contributed by atoms with Crippen LogP contribution >= 0.6 is 0 Å². The predicted molar refractivity (Wildman–Crippen MR) is 64.6 cm³/mol. The fourth-order valence-corrected chi connectivity index (χ4v) is 1.12. The van der Waals surface area contributed by atoms with Gasteiger partial charge < -0.3 is 4.74 Å². The number of ether oxygens (including phenoxy) is 1. The number of nitrogens with zero attached hydrogens (tertiary/aromatic N) is 2. The van der Waals surface area contributed by atoms with E-state index < -0.39 is 6.36 Å². The van der Waals surface area contributed by atoms with Crippen molar-refractivity contribution in [1.29, 1.82) is 0 Å². The number of halogens is 3. The van der Waals surface area contributed by atoms with Crippen LogP contribution in [0.5, 0.6) is 5.88 Å². The summed E-state index contributed by atoms with van der Waals surface area (Å²) < 4.78 is 40.8. The SMILES string of the molecule is CC.CC.FC(F)(F)Oc1cccc2nccn12. The van der Waals surface area contributed by atoms with Crippen LogP contribution in [0.25, 0.3) is 5.65 Å². The first-order valence-corrected chi connectivity index (χ1v) is 5.74. The third-order valence-electron chi connectivity index (χ3n) is 1.61. The third kappa shape index (κ3) is 4.65. The van der Waals surface area contributed by atoms with Crippen LogP contribution in [-0.4, -0.2) is 15.7 Å². The van der Waals surface area contributed by atoms with Crippen LogP contribution in [-0.2, 0) is 0 Å². The molecule has 2 rings (SSSR count). The molecule has 3 nitrogen and oxygen atoms in total. The minimum absolute atomic E-state index is 0.299. The number of aromatic nitrogens is 2. The topological polar surface area (TPSA) is 26.5 Å². The average Bonchev–Trinajstić information content (AvgIpc) is 2.82. The Kier molecular flexibility index (Phi) is 6.85. The summed E-state index contributed by atoms with van der Waals surface area (Å²) in [7, 11) is 0. The highest BCUT2D eigenvalue weighted by molar-refractivity contribution is 5.41. The summed E-state index contributed by atoms with van der Waals surface area (Å²) in [5.41, 5.74) is 0.409. The summed E-state index contributed by atoms with van der Waals surface area (Å²) in [5.74, 6) is -0.299. The van der Waals surface area contributed by atoms with Crippen LogP contribution in [0.4, 0.5) is 13.2 Å². The van der Waals surface area contributed by atoms with Crippen LogP contribution in [0.2, 0.25) is 0 Å². The second-order valence-electron chi connectivity index (χ2n) is 2.57. The molecule has 0 aliphatic rings. The van der Waals surface area contributed by atoms with E-state index in [1.165, 1.54) is 28.9 Å². The van der Waals surface area contributed by atoms with Gasteiger partial charge in [-0.15, -0.1) is 13.2 Å². The molecule has 0 spiro atoms. The monoisotopic (exact) mass is 262 g/mol. The lowest BCUT2D eigenvalue weighted by Gasteiger charge is -2.09. The zero-order valence-electron chi connectivity index (χ0n) is 10.8. The second kappa shape index (κ2) is 7.58. The van der Waals surface area contributed by atoms with Gasteiger partial charge in [0, 0.05) is 12.4 Å². The van der Waals surface area contributed by atoms with Crippen molar-refractivity contribution in [2.75, 3.05) is 0 Å². The van der Waals surface area contributed by atoms with Gasteiger partial charge in [0.15, 0.2) is 0 Å². The van der Waals surface area contributed by atoms with Crippen molar-refractivity contribution in [1.82, 2.24) is 9.38 Å². The van der Waals surface area contributed by atoms with Crippen molar-refractivity contribution in [2.45, 2.75) is 34.1 Å². The molecular formula is C12H17F3N2O. The standard InChI is InChI=1S/C8H5F3N2O.2C2H6/c9-8(10,11)14-7-3-1-2-6-12-4-5-13(6)7;2*1-2/h1-5H;2*1-2H3. The van der Waals surface area contributed by atoms with Gasteiger partial charge in [-0.1, -0.05) is 33.8 Å². The Balaban J connectivity index is 0.000000659. The quantitative estimate of drug-likeness (QED) is 0.766.